The zero-order valence-electron chi connectivity index (χ0n) is 22.1. The van der Waals surface area contributed by atoms with Gasteiger partial charge in [0.1, 0.15) is 0 Å². The average Bonchev–Trinajstić information content (AvgIpc) is 2.81. The molecule has 189 valence electrons. The Bertz CT molecular complexity index is 950. The number of carbonyl (C=O) groups excluding carboxylic acids is 1. The number of aliphatic hydroxyl groups excluding tert-OH is 1. The fourth-order valence-electron chi connectivity index (χ4n) is 2.89. The van der Waals surface area contributed by atoms with Crippen LogP contribution in [-0.4, -0.2) is 15.9 Å². The summed E-state index contributed by atoms with van der Waals surface area (Å²) in [6.45, 7) is 16.0. The minimum atomic E-state index is 0. The van der Waals surface area contributed by atoms with E-state index < -0.39 is 0 Å². The molecule has 1 N–H and O–H groups in total. The van der Waals surface area contributed by atoms with Gasteiger partial charge in [-0.3, -0.25) is 9.78 Å². The summed E-state index contributed by atoms with van der Waals surface area (Å²) in [4.78, 5) is 15.8. The second-order valence-corrected chi connectivity index (χ2v) is 7.96. The van der Waals surface area contributed by atoms with Crippen LogP contribution in [0.1, 0.15) is 68.2 Å². The summed E-state index contributed by atoms with van der Waals surface area (Å²) >= 11 is 0. The van der Waals surface area contributed by atoms with Crippen molar-refractivity contribution in [2.24, 2.45) is 11.8 Å². The molecular formula is C30H42IrNO2-. The molecule has 0 aliphatic heterocycles. The van der Waals surface area contributed by atoms with E-state index in [1.54, 1.807) is 0 Å². The monoisotopic (exact) mass is 641 g/mol. The molecule has 0 saturated heterocycles. The number of aliphatic hydroxyl groups is 1. The zero-order chi connectivity index (χ0) is 25.2. The summed E-state index contributed by atoms with van der Waals surface area (Å²) in [6, 6.07) is 23.4. The van der Waals surface area contributed by atoms with Crippen molar-refractivity contribution in [2.75, 3.05) is 0 Å². The van der Waals surface area contributed by atoms with Gasteiger partial charge in [-0.1, -0.05) is 85.7 Å². The molecule has 2 aromatic carbocycles. The third-order valence-electron chi connectivity index (χ3n) is 4.14. The molecule has 0 fully saturated rings. The van der Waals surface area contributed by atoms with Crippen LogP contribution in [0.15, 0.2) is 72.5 Å². The second kappa shape index (κ2) is 20.1. The third kappa shape index (κ3) is 14.1. The molecule has 0 unspecified atom stereocenters. The van der Waals surface area contributed by atoms with Crippen LogP contribution in [0.3, 0.4) is 0 Å². The minimum Gasteiger partial charge on any atom is -0.512 e. The number of para-hydroxylation sites is 1. The first-order valence-electron chi connectivity index (χ1n) is 12.1. The van der Waals surface area contributed by atoms with Crippen molar-refractivity contribution in [1.29, 1.82) is 0 Å². The first-order valence-corrected chi connectivity index (χ1v) is 12.1. The van der Waals surface area contributed by atoms with E-state index in [0.717, 1.165) is 16.8 Å². The molecule has 1 heterocycles. The molecule has 0 amide bonds. The molecule has 3 nitrogen and oxygen atoms in total. The standard InChI is InChI=1S/C15H10N.C11H20O2.2C2H6.Ir/c1-2-6-12(7-3-1)15-11-10-13-8-4-5-9-14(13)16-15;1-8(2)5-10(12)7-11(13)6-9(3)4;2*1-2;/h1-6,8-11H;7-9,12H,5-6H2,1-4H3;2*1-2H3;/q-1;;;;. The number of allylic oxidation sites excluding steroid dienone is 2. The van der Waals surface area contributed by atoms with Gasteiger partial charge in [0.2, 0.25) is 0 Å². The summed E-state index contributed by atoms with van der Waals surface area (Å²) in [7, 11) is 0. The third-order valence-corrected chi connectivity index (χ3v) is 4.14. The van der Waals surface area contributed by atoms with E-state index in [1.807, 2.05) is 104 Å². The number of hydrogen-bond acceptors (Lipinski definition) is 3. The number of aromatic nitrogens is 1. The molecule has 0 aliphatic carbocycles. The van der Waals surface area contributed by atoms with E-state index in [0.29, 0.717) is 24.7 Å². The van der Waals surface area contributed by atoms with Crippen molar-refractivity contribution < 1.29 is 30.0 Å². The molecule has 0 saturated carbocycles. The van der Waals surface area contributed by atoms with Crippen LogP contribution in [0.5, 0.6) is 0 Å². The largest absolute Gasteiger partial charge is 0.512 e. The Labute approximate surface area is 221 Å². The van der Waals surface area contributed by atoms with Gasteiger partial charge in [0.05, 0.1) is 11.3 Å². The molecule has 3 aromatic rings. The number of benzene rings is 2. The fourth-order valence-corrected chi connectivity index (χ4v) is 2.89. The number of nitrogens with zero attached hydrogens (tertiary/aromatic N) is 1. The molecule has 0 aliphatic rings. The number of rotatable bonds is 6. The van der Waals surface area contributed by atoms with Crippen molar-refractivity contribution in [3.8, 4) is 11.3 Å². The maximum absolute atomic E-state index is 11.2. The van der Waals surface area contributed by atoms with Crippen molar-refractivity contribution in [3.05, 3.63) is 78.6 Å². The minimum absolute atomic E-state index is 0. The maximum Gasteiger partial charge on any atom is 0.159 e. The molecular weight excluding hydrogens is 599 g/mol. The fraction of sp³-hybridized carbons (Fsp3) is 0.400. The predicted octanol–water partition coefficient (Wildman–Crippen LogP) is 8.84. The zero-order valence-corrected chi connectivity index (χ0v) is 24.5. The van der Waals surface area contributed by atoms with Gasteiger partial charge >= 0.3 is 0 Å². The quantitative estimate of drug-likeness (QED) is 0.166. The van der Waals surface area contributed by atoms with E-state index in [9.17, 15) is 9.90 Å². The Morgan fingerprint density at radius 1 is 0.882 bits per heavy atom. The van der Waals surface area contributed by atoms with Crippen LogP contribution >= 0.6 is 0 Å². The van der Waals surface area contributed by atoms with Gasteiger partial charge in [-0.15, -0.1) is 35.9 Å². The summed E-state index contributed by atoms with van der Waals surface area (Å²) in [5.74, 6) is 0.979. The summed E-state index contributed by atoms with van der Waals surface area (Å²) < 4.78 is 0. The summed E-state index contributed by atoms with van der Waals surface area (Å²) in [5, 5.41) is 10.5. The van der Waals surface area contributed by atoms with Gasteiger partial charge in [0, 0.05) is 39.0 Å². The van der Waals surface area contributed by atoms with E-state index in [-0.39, 0.29) is 31.6 Å². The SMILES string of the molecule is CC.CC.CC(C)CC(=O)C=C(O)CC(C)C.[Ir].[c-]1ccccc1-c1ccc2ccccc2n1. The van der Waals surface area contributed by atoms with Gasteiger partial charge in [-0.05, 0) is 29.0 Å². The predicted molar refractivity (Wildman–Crippen MR) is 143 cm³/mol. The van der Waals surface area contributed by atoms with E-state index in [1.165, 1.54) is 11.5 Å². The van der Waals surface area contributed by atoms with Crippen LogP contribution in [-0.2, 0) is 24.9 Å². The molecule has 34 heavy (non-hydrogen) atoms. The molecule has 0 atom stereocenters. The van der Waals surface area contributed by atoms with Crippen LogP contribution in [0.4, 0.5) is 0 Å². The van der Waals surface area contributed by atoms with Crippen LogP contribution in [0.25, 0.3) is 22.2 Å². The molecule has 3 rings (SSSR count). The van der Waals surface area contributed by atoms with Gasteiger partial charge < -0.3 is 5.11 Å². The summed E-state index contributed by atoms with van der Waals surface area (Å²) in [6.07, 6.45) is 2.46. The molecule has 1 aromatic heterocycles. The molecule has 1 radical (unpaired) electrons. The van der Waals surface area contributed by atoms with Crippen molar-refractivity contribution in [2.45, 2.75) is 68.2 Å². The van der Waals surface area contributed by atoms with E-state index in [4.69, 9.17) is 0 Å². The number of fused-ring (bicyclic) bond motifs is 1. The smallest absolute Gasteiger partial charge is 0.159 e. The van der Waals surface area contributed by atoms with Crippen LogP contribution < -0.4 is 0 Å². The summed E-state index contributed by atoms with van der Waals surface area (Å²) in [5.41, 5.74) is 3.03. The van der Waals surface area contributed by atoms with Gasteiger partial charge in [-0.2, -0.15) is 0 Å². The Hall–Kier alpha value is -2.29. The normalized spacial score (nSPS) is 10.1. The second-order valence-electron chi connectivity index (χ2n) is 7.96. The Balaban J connectivity index is 0. The first kappa shape index (κ1) is 33.9. The Morgan fingerprint density at radius 2 is 1.47 bits per heavy atom. The van der Waals surface area contributed by atoms with Crippen molar-refractivity contribution in [1.82, 2.24) is 4.98 Å². The van der Waals surface area contributed by atoms with Crippen molar-refractivity contribution >= 4 is 16.7 Å². The Kier molecular flexibility index (Phi) is 20.0. The average molecular weight is 641 g/mol. The number of hydrogen-bond donors (Lipinski definition) is 1. The molecule has 0 spiro atoms. The first-order chi connectivity index (χ1) is 15.8. The number of ketones is 1. The molecule has 0 bridgehead atoms. The maximum atomic E-state index is 11.2. The molecule has 4 heteroatoms. The van der Waals surface area contributed by atoms with Crippen LogP contribution in [0.2, 0.25) is 0 Å². The van der Waals surface area contributed by atoms with Crippen molar-refractivity contribution in [3.63, 3.8) is 0 Å². The van der Waals surface area contributed by atoms with Gasteiger partial charge in [-0.25, -0.2) is 0 Å². The van der Waals surface area contributed by atoms with Gasteiger partial charge in [0.25, 0.3) is 0 Å². The Morgan fingerprint density at radius 3 is 2.03 bits per heavy atom. The van der Waals surface area contributed by atoms with Crippen LogP contribution in [0, 0.1) is 17.9 Å². The van der Waals surface area contributed by atoms with E-state index >= 15 is 0 Å². The number of carbonyl (C=O) groups is 1. The topological polar surface area (TPSA) is 50.2 Å². The van der Waals surface area contributed by atoms with E-state index in [2.05, 4.69) is 23.2 Å². The number of pyridine rings is 1. The van der Waals surface area contributed by atoms with Gasteiger partial charge in [0.15, 0.2) is 5.78 Å².